The third-order valence-electron chi connectivity index (χ3n) is 2.53. The minimum atomic E-state index is -1.07. The van der Waals surface area contributed by atoms with E-state index in [0.717, 1.165) is 6.07 Å². The Bertz CT molecular complexity index is 580. The van der Waals surface area contributed by atoms with Gasteiger partial charge in [-0.2, -0.15) is 0 Å². The molecule has 92 valence electrons. The van der Waals surface area contributed by atoms with Crippen molar-refractivity contribution in [1.29, 1.82) is 0 Å². The zero-order chi connectivity index (χ0) is 13.1. The Balaban J connectivity index is 2.60. The highest BCUT2D eigenvalue weighted by atomic mass is 19.2. The van der Waals surface area contributed by atoms with Gasteiger partial charge in [0.15, 0.2) is 11.6 Å². The van der Waals surface area contributed by atoms with Crippen LogP contribution in [0, 0.1) is 11.6 Å². The molecule has 4 heteroatoms. The van der Waals surface area contributed by atoms with Gasteiger partial charge < -0.3 is 4.74 Å². The molecule has 0 aliphatic rings. The molecule has 2 rings (SSSR count). The first kappa shape index (κ1) is 12.2. The minimum absolute atomic E-state index is 0.0183. The van der Waals surface area contributed by atoms with Crippen LogP contribution in [-0.2, 0) is 4.74 Å². The average Bonchev–Trinajstić information content (AvgIpc) is 2.41. The molecule has 0 saturated carbocycles. The first-order valence-electron chi connectivity index (χ1n) is 5.26. The summed E-state index contributed by atoms with van der Waals surface area (Å²) in [6, 6.07) is 10.6. The van der Waals surface area contributed by atoms with E-state index in [2.05, 4.69) is 4.74 Å². The van der Waals surface area contributed by atoms with Crippen molar-refractivity contribution in [3.05, 3.63) is 59.7 Å². The van der Waals surface area contributed by atoms with Crippen LogP contribution in [0.5, 0.6) is 0 Å². The monoisotopic (exact) mass is 248 g/mol. The number of carbonyl (C=O) groups is 1. The van der Waals surface area contributed by atoms with E-state index in [1.54, 1.807) is 30.3 Å². The largest absolute Gasteiger partial charge is 0.465 e. The standard InChI is InChI=1S/C14H10F2O2/c1-18-14(17)10-7-11(13(16)12(15)8-10)9-5-3-2-4-6-9/h2-8H,1H3. The predicted molar refractivity (Wildman–Crippen MR) is 63.1 cm³/mol. The molecule has 2 aromatic rings. The second-order valence-corrected chi connectivity index (χ2v) is 3.68. The highest BCUT2D eigenvalue weighted by Crippen LogP contribution is 2.26. The van der Waals surface area contributed by atoms with Crippen molar-refractivity contribution in [2.24, 2.45) is 0 Å². The minimum Gasteiger partial charge on any atom is -0.465 e. The number of hydrogen-bond acceptors (Lipinski definition) is 2. The summed E-state index contributed by atoms with van der Waals surface area (Å²) in [5, 5.41) is 0. The van der Waals surface area contributed by atoms with Crippen molar-refractivity contribution in [3.8, 4) is 11.1 Å². The van der Waals surface area contributed by atoms with Gasteiger partial charge in [-0.15, -0.1) is 0 Å². The highest BCUT2D eigenvalue weighted by Gasteiger charge is 2.16. The van der Waals surface area contributed by atoms with Gasteiger partial charge in [-0.3, -0.25) is 0 Å². The normalized spacial score (nSPS) is 10.2. The van der Waals surface area contributed by atoms with Crippen LogP contribution in [0.25, 0.3) is 11.1 Å². The lowest BCUT2D eigenvalue weighted by atomic mass is 10.0. The van der Waals surface area contributed by atoms with Crippen LogP contribution in [0.15, 0.2) is 42.5 Å². The third kappa shape index (κ3) is 2.22. The number of benzene rings is 2. The molecule has 0 atom stereocenters. The van der Waals surface area contributed by atoms with Crippen LogP contribution in [-0.4, -0.2) is 13.1 Å². The maximum absolute atomic E-state index is 13.7. The topological polar surface area (TPSA) is 26.3 Å². The van der Waals surface area contributed by atoms with E-state index in [9.17, 15) is 13.6 Å². The fourth-order valence-corrected chi connectivity index (χ4v) is 1.65. The van der Waals surface area contributed by atoms with E-state index in [1.165, 1.54) is 13.2 Å². The van der Waals surface area contributed by atoms with E-state index >= 15 is 0 Å². The maximum atomic E-state index is 13.7. The molecule has 0 unspecified atom stereocenters. The van der Waals surface area contributed by atoms with Gasteiger partial charge in [-0.1, -0.05) is 30.3 Å². The summed E-state index contributed by atoms with van der Waals surface area (Å²) in [5.74, 6) is -2.75. The summed E-state index contributed by atoms with van der Waals surface area (Å²) >= 11 is 0. The fraction of sp³-hybridized carbons (Fsp3) is 0.0714. The molecule has 0 bridgehead atoms. The Morgan fingerprint density at radius 2 is 1.78 bits per heavy atom. The lowest BCUT2D eigenvalue weighted by molar-refractivity contribution is 0.0600. The van der Waals surface area contributed by atoms with Gasteiger partial charge in [-0.25, -0.2) is 13.6 Å². The summed E-state index contributed by atoms with van der Waals surface area (Å²) in [7, 11) is 1.19. The highest BCUT2D eigenvalue weighted by molar-refractivity contribution is 5.91. The Labute approximate surface area is 103 Å². The lowest BCUT2D eigenvalue weighted by Crippen LogP contribution is -2.04. The number of esters is 1. The number of methoxy groups -OCH3 is 1. The third-order valence-corrected chi connectivity index (χ3v) is 2.53. The summed E-state index contributed by atoms with van der Waals surface area (Å²) in [4.78, 5) is 11.3. The van der Waals surface area contributed by atoms with Crippen LogP contribution >= 0.6 is 0 Å². The van der Waals surface area contributed by atoms with Gasteiger partial charge in [0.25, 0.3) is 0 Å². The van der Waals surface area contributed by atoms with Gasteiger partial charge in [0.2, 0.25) is 0 Å². The summed E-state index contributed by atoms with van der Waals surface area (Å²) < 4.78 is 31.6. The van der Waals surface area contributed by atoms with Crippen LogP contribution in [0.1, 0.15) is 10.4 Å². The number of carbonyl (C=O) groups excluding carboxylic acids is 1. The van der Waals surface area contributed by atoms with Crippen molar-refractivity contribution in [1.82, 2.24) is 0 Å². The number of halogens is 2. The van der Waals surface area contributed by atoms with Crippen molar-refractivity contribution in [2.45, 2.75) is 0 Å². The van der Waals surface area contributed by atoms with E-state index in [0.29, 0.717) is 5.56 Å². The molecule has 0 heterocycles. The molecule has 0 fully saturated rings. The first-order valence-corrected chi connectivity index (χ1v) is 5.26. The van der Waals surface area contributed by atoms with Gasteiger partial charge >= 0.3 is 5.97 Å². The van der Waals surface area contributed by atoms with E-state index < -0.39 is 17.6 Å². The number of rotatable bonds is 2. The summed E-state index contributed by atoms with van der Waals surface area (Å²) in [6.07, 6.45) is 0. The Kier molecular flexibility index (Phi) is 3.37. The average molecular weight is 248 g/mol. The fourth-order valence-electron chi connectivity index (χ4n) is 1.65. The predicted octanol–water partition coefficient (Wildman–Crippen LogP) is 3.42. The van der Waals surface area contributed by atoms with E-state index in [-0.39, 0.29) is 11.1 Å². The SMILES string of the molecule is COC(=O)c1cc(F)c(F)c(-c2ccccc2)c1. The number of hydrogen-bond donors (Lipinski definition) is 0. The van der Waals surface area contributed by atoms with Gasteiger partial charge in [0.1, 0.15) is 0 Å². The van der Waals surface area contributed by atoms with Crippen molar-refractivity contribution >= 4 is 5.97 Å². The zero-order valence-electron chi connectivity index (χ0n) is 9.61. The van der Waals surface area contributed by atoms with Crippen LogP contribution in [0.2, 0.25) is 0 Å². The van der Waals surface area contributed by atoms with E-state index in [1.807, 2.05) is 0 Å². The molecule has 18 heavy (non-hydrogen) atoms. The van der Waals surface area contributed by atoms with Gasteiger partial charge in [0.05, 0.1) is 12.7 Å². The second kappa shape index (κ2) is 4.96. The quantitative estimate of drug-likeness (QED) is 0.761. The molecular weight excluding hydrogens is 238 g/mol. The molecule has 0 spiro atoms. The summed E-state index contributed by atoms with van der Waals surface area (Å²) in [6.45, 7) is 0. The molecule has 0 saturated heterocycles. The zero-order valence-corrected chi connectivity index (χ0v) is 9.61. The Hall–Kier alpha value is -2.23. The van der Waals surface area contributed by atoms with Crippen LogP contribution in [0.3, 0.4) is 0 Å². The van der Waals surface area contributed by atoms with E-state index in [4.69, 9.17) is 0 Å². The van der Waals surface area contributed by atoms with Crippen molar-refractivity contribution in [3.63, 3.8) is 0 Å². The lowest BCUT2D eigenvalue weighted by Gasteiger charge is -2.07. The van der Waals surface area contributed by atoms with Crippen LogP contribution < -0.4 is 0 Å². The summed E-state index contributed by atoms with van der Waals surface area (Å²) in [5.41, 5.74) is 0.519. The molecule has 0 N–H and O–H groups in total. The molecule has 0 aromatic heterocycles. The second-order valence-electron chi connectivity index (χ2n) is 3.68. The van der Waals surface area contributed by atoms with Crippen molar-refractivity contribution in [2.75, 3.05) is 7.11 Å². The molecule has 0 radical (unpaired) electrons. The Morgan fingerprint density at radius 1 is 1.11 bits per heavy atom. The smallest absolute Gasteiger partial charge is 0.337 e. The maximum Gasteiger partial charge on any atom is 0.337 e. The van der Waals surface area contributed by atoms with Crippen molar-refractivity contribution < 1.29 is 18.3 Å². The van der Waals surface area contributed by atoms with Crippen LogP contribution in [0.4, 0.5) is 8.78 Å². The molecule has 0 amide bonds. The molecule has 0 aliphatic heterocycles. The molecular formula is C14H10F2O2. The van der Waals surface area contributed by atoms with Gasteiger partial charge in [-0.05, 0) is 17.7 Å². The number of ether oxygens (including phenoxy) is 1. The van der Waals surface area contributed by atoms with Gasteiger partial charge in [0, 0.05) is 5.56 Å². The molecule has 2 nitrogen and oxygen atoms in total. The first-order chi connectivity index (χ1) is 8.63. The molecule has 0 aliphatic carbocycles. The Morgan fingerprint density at radius 3 is 2.39 bits per heavy atom. The molecule has 2 aromatic carbocycles.